The van der Waals surface area contributed by atoms with Gasteiger partial charge in [-0.2, -0.15) is 8.78 Å². The fourth-order valence-corrected chi connectivity index (χ4v) is 2.51. The van der Waals surface area contributed by atoms with Crippen LogP contribution in [-0.2, 0) is 4.79 Å². The maximum Gasteiger partial charge on any atom is 0.319 e. The molecule has 1 aromatic carbocycles. The van der Waals surface area contributed by atoms with E-state index in [2.05, 4.69) is 5.32 Å². The van der Waals surface area contributed by atoms with Gasteiger partial charge in [0.1, 0.15) is 0 Å². The molecule has 24 heavy (non-hydrogen) atoms. The monoisotopic (exact) mass is 347 g/mol. The normalized spacial score (nSPS) is 17.2. The molecule has 0 radical (unpaired) electrons. The molecule has 0 unspecified atom stereocenters. The highest BCUT2D eigenvalue weighted by atomic mass is 19.3. The summed E-state index contributed by atoms with van der Waals surface area (Å²) >= 11 is 0. The molecule has 1 aliphatic rings. The molecule has 1 aliphatic heterocycles. The standard InChI is InChI=1S/C16H21F4N3O/c1-12-2-4-13(5-3-12)21-14(24)10-22-6-8-23(9-7-22)11-16(19,20)15(17)18/h2-5,15H,6-11H2,1H3,(H,21,24). The molecule has 1 aromatic rings. The number of carbonyl (C=O) groups is 1. The van der Waals surface area contributed by atoms with Gasteiger partial charge in [-0.05, 0) is 19.1 Å². The van der Waals surface area contributed by atoms with Gasteiger partial charge in [-0.15, -0.1) is 0 Å². The summed E-state index contributed by atoms with van der Waals surface area (Å²) in [5, 5.41) is 2.77. The number of amides is 1. The Hall–Kier alpha value is -1.67. The zero-order valence-corrected chi connectivity index (χ0v) is 13.4. The van der Waals surface area contributed by atoms with Crippen LogP contribution in [0, 0.1) is 6.92 Å². The summed E-state index contributed by atoms with van der Waals surface area (Å²) in [5.41, 5.74) is 1.78. The van der Waals surface area contributed by atoms with Crippen molar-refractivity contribution in [1.29, 1.82) is 0 Å². The molecule has 4 nitrogen and oxygen atoms in total. The number of piperazine rings is 1. The number of nitrogens with one attached hydrogen (secondary N) is 1. The number of hydrogen-bond donors (Lipinski definition) is 1. The lowest BCUT2D eigenvalue weighted by molar-refractivity contribution is -0.145. The lowest BCUT2D eigenvalue weighted by Gasteiger charge is -2.35. The van der Waals surface area contributed by atoms with Crippen LogP contribution in [0.2, 0.25) is 0 Å². The van der Waals surface area contributed by atoms with E-state index in [-0.39, 0.29) is 25.5 Å². The molecule has 1 fully saturated rings. The van der Waals surface area contributed by atoms with Crippen molar-refractivity contribution in [3.63, 3.8) is 0 Å². The third-order valence-corrected chi connectivity index (χ3v) is 3.92. The first-order valence-corrected chi connectivity index (χ1v) is 7.73. The van der Waals surface area contributed by atoms with E-state index in [0.29, 0.717) is 18.8 Å². The summed E-state index contributed by atoms with van der Waals surface area (Å²) < 4.78 is 50.5. The van der Waals surface area contributed by atoms with Crippen LogP contribution in [0.25, 0.3) is 0 Å². The maximum atomic E-state index is 13.0. The zero-order valence-electron chi connectivity index (χ0n) is 13.4. The lowest BCUT2D eigenvalue weighted by atomic mass is 10.2. The van der Waals surface area contributed by atoms with E-state index < -0.39 is 18.9 Å². The van der Waals surface area contributed by atoms with E-state index in [0.717, 1.165) is 5.56 Å². The first kappa shape index (κ1) is 18.7. The van der Waals surface area contributed by atoms with Crippen molar-refractivity contribution in [2.75, 3.05) is 44.6 Å². The van der Waals surface area contributed by atoms with E-state index in [1.807, 2.05) is 24.0 Å². The van der Waals surface area contributed by atoms with Gasteiger partial charge >= 0.3 is 12.3 Å². The molecule has 1 amide bonds. The summed E-state index contributed by atoms with van der Waals surface area (Å²) in [5.74, 6) is -4.18. The lowest BCUT2D eigenvalue weighted by Crippen LogP contribution is -2.52. The number of benzene rings is 1. The molecule has 0 spiro atoms. The molecular formula is C16H21F4N3O. The van der Waals surface area contributed by atoms with Gasteiger partial charge in [0.15, 0.2) is 0 Å². The minimum absolute atomic E-state index is 0.146. The Balaban J connectivity index is 1.74. The van der Waals surface area contributed by atoms with Gasteiger partial charge < -0.3 is 5.32 Å². The molecule has 0 aliphatic carbocycles. The quantitative estimate of drug-likeness (QED) is 0.803. The average Bonchev–Trinajstić information content (AvgIpc) is 2.51. The molecule has 0 aromatic heterocycles. The van der Waals surface area contributed by atoms with Gasteiger partial charge in [0.25, 0.3) is 0 Å². The van der Waals surface area contributed by atoms with Crippen molar-refractivity contribution < 1.29 is 22.4 Å². The van der Waals surface area contributed by atoms with Gasteiger partial charge in [0, 0.05) is 31.9 Å². The molecule has 0 bridgehead atoms. The van der Waals surface area contributed by atoms with Crippen molar-refractivity contribution in [3.05, 3.63) is 29.8 Å². The Kier molecular flexibility index (Phi) is 6.17. The van der Waals surface area contributed by atoms with Crippen LogP contribution in [-0.4, -0.2) is 67.3 Å². The number of rotatable bonds is 6. The van der Waals surface area contributed by atoms with E-state index in [1.54, 1.807) is 12.1 Å². The van der Waals surface area contributed by atoms with Crippen LogP contribution >= 0.6 is 0 Å². The SMILES string of the molecule is Cc1ccc(NC(=O)CN2CCN(CC(F)(F)C(F)F)CC2)cc1. The first-order valence-electron chi connectivity index (χ1n) is 7.73. The molecule has 1 N–H and O–H groups in total. The Morgan fingerprint density at radius 3 is 2.21 bits per heavy atom. The molecule has 0 saturated carbocycles. The second kappa shape index (κ2) is 7.94. The van der Waals surface area contributed by atoms with Gasteiger partial charge in [0.2, 0.25) is 5.91 Å². The molecule has 8 heteroatoms. The summed E-state index contributed by atoms with van der Waals surface area (Å²) in [7, 11) is 0. The summed E-state index contributed by atoms with van der Waals surface area (Å²) in [6.45, 7) is 2.39. The third-order valence-electron chi connectivity index (χ3n) is 3.92. The predicted octanol–water partition coefficient (Wildman–Crippen LogP) is 2.45. The van der Waals surface area contributed by atoms with Crippen LogP contribution in [0.3, 0.4) is 0 Å². The van der Waals surface area contributed by atoms with Crippen LogP contribution in [0.4, 0.5) is 23.2 Å². The van der Waals surface area contributed by atoms with E-state index in [9.17, 15) is 22.4 Å². The Morgan fingerprint density at radius 1 is 1.12 bits per heavy atom. The largest absolute Gasteiger partial charge is 0.325 e. The Morgan fingerprint density at radius 2 is 1.67 bits per heavy atom. The van der Waals surface area contributed by atoms with Crippen molar-refractivity contribution in [2.45, 2.75) is 19.3 Å². The number of hydrogen-bond acceptors (Lipinski definition) is 3. The van der Waals surface area contributed by atoms with E-state index in [1.165, 1.54) is 4.90 Å². The highest BCUT2D eigenvalue weighted by Gasteiger charge is 2.42. The highest BCUT2D eigenvalue weighted by molar-refractivity contribution is 5.92. The van der Waals surface area contributed by atoms with Gasteiger partial charge in [0.05, 0.1) is 13.1 Å². The van der Waals surface area contributed by atoms with Gasteiger partial charge in [-0.25, -0.2) is 8.78 Å². The number of halogens is 4. The van der Waals surface area contributed by atoms with Gasteiger partial charge in [-0.3, -0.25) is 14.6 Å². The van der Waals surface area contributed by atoms with Crippen molar-refractivity contribution in [2.24, 2.45) is 0 Å². The summed E-state index contributed by atoms with van der Waals surface area (Å²) in [4.78, 5) is 15.1. The molecule has 2 rings (SSSR count). The van der Waals surface area contributed by atoms with Crippen LogP contribution < -0.4 is 5.32 Å². The molecule has 0 atom stereocenters. The smallest absolute Gasteiger partial charge is 0.319 e. The second-order valence-electron chi connectivity index (χ2n) is 6.03. The van der Waals surface area contributed by atoms with Crippen LogP contribution in [0.15, 0.2) is 24.3 Å². The predicted molar refractivity (Wildman–Crippen MR) is 83.6 cm³/mol. The summed E-state index contributed by atoms with van der Waals surface area (Å²) in [6.07, 6.45) is -3.66. The van der Waals surface area contributed by atoms with E-state index in [4.69, 9.17) is 0 Å². The average molecular weight is 347 g/mol. The molecule has 1 saturated heterocycles. The van der Waals surface area contributed by atoms with Gasteiger partial charge in [-0.1, -0.05) is 17.7 Å². The number of anilines is 1. The topological polar surface area (TPSA) is 35.6 Å². The molecule has 1 heterocycles. The Bertz CT molecular complexity index is 543. The number of carbonyl (C=O) groups excluding carboxylic acids is 1. The summed E-state index contributed by atoms with van der Waals surface area (Å²) in [6, 6.07) is 7.38. The number of alkyl halides is 4. The minimum atomic E-state index is -4.00. The molecule has 134 valence electrons. The number of nitrogens with zero attached hydrogens (tertiary/aromatic N) is 2. The Labute approximate surface area is 138 Å². The van der Waals surface area contributed by atoms with Crippen LogP contribution in [0.1, 0.15) is 5.56 Å². The molecular weight excluding hydrogens is 326 g/mol. The first-order chi connectivity index (χ1) is 11.3. The fraction of sp³-hybridized carbons (Fsp3) is 0.562. The number of aryl methyl sites for hydroxylation is 1. The van der Waals surface area contributed by atoms with Crippen molar-refractivity contribution >= 4 is 11.6 Å². The fourth-order valence-electron chi connectivity index (χ4n) is 2.51. The maximum absolute atomic E-state index is 13.0. The van der Waals surface area contributed by atoms with Crippen molar-refractivity contribution in [1.82, 2.24) is 9.80 Å². The van der Waals surface area contributed by atoms with E-state index >= 15 is 0 Å². The second-order valence-corrected chi connectivity index (χ2v) is 6.03. The van der Waals surface area contributed by atoms with Crippen molar-refractivity contribution in [3.8, 4) is 0 Å². The zero-order chi connectivity index (χ0) is 17.7. The van der Waals surface area contributed by atoms with Crippen LogP contribution in [0.5, 0.6) is 0 Å². The minimum Gasteiger partial charge on any atom is -0.325 e. The third kappa shape index (κ3) is 5.45. The highest BCUT2D eigenvalue weighted by Crippen LogP contribution is 2.24.